The molecule has 0 aromatic heterocycles. The predicted molar refractivity (Wildman–Crippen MR) is 95.9 cm³/mol. The van der Waals surface area contributed by atoms with Gasteiger partial charge in [-0.1, -0.05) is 42.5 Å². The zero-order chi connectivity index (χ0) is 17.4. The van der Waals surface area contributed by atoms with Crippen molar-refractivity contribution in [3.63, 3.8) is 0 Å². The number of amides is 1. The Kier molecular flexibility index (Phi) is 6.43. The van der Waals surface area contributed by atoms with Crippen LogP contribution in [0.1, 0.15) is 28.7 Å². The summed E-state index contributed by atoms with van der Waals surface area (Å²) in [6, 6.07) is 13.4. The fourth-order valence-corrected chi connectivity index (χ4v) is 2.34. The molecule has 1 amide bonds. The summed E-state index contributed by atoms with van der Waals surface area (Å²) in [5.41, 5.74) is 3.72. The molecular formula is C20H23NO3. The third kappa shape index (κ3) is 5.47. The second kappa shape index (κ2) is 8.77. The standard InChI is InChI=1S/C20H23NO3/c1-15-12-18(13-16(2)19(15)22)10-6-7-11-21-20(23)24-14-17-8-4-3-5-9-17/h3-6,8-10,12-13,22H,7,11,14H2,1-2H3,(H,21,23). The maximum absolute atomic E-state index is 11.6. The van der Waals surface area contributed by atoms with Crippen molar-refractivity contribution >= 4 is 12.2 Å². The van der Waals surface area contributed by atoms with E-state index < -0.39 is 6.09 Å². The zero-order valence-corrected chi connectivity index (χ0v) is 14.1. The molecule has 0 atom stereocenters. The number of phenolic OH excluding ortho intramolecular Hbond substituents is 1. The van der Waals surface area contributed by atoms with E-state index in [4.69, 9.17) is 4.74 Å². The van der Waals surface area contributed by atoms with E-state index in [0.717, 1.165) is 22.3 Å². The molecule has 2 N–H and O–H groups in total. The number of phenols is 1. The van der Waals surface area contributed by atoms with Gasteiger partial charge in [0.2, 0.25) is 0 Å². The summed E-state index contributed by atoms with van der Waals surface area (Å²) in [5.74, 6) is 0.343. The number of carbonyl (C=O) groups is 1. The van der Waals surface area contributed by atoms with E-state index in [-0.39, 0.29) is 6.61 Å². The van der Waals surface area contributed by atoms with E-state index in [0.29, 0.717) is 18.7 Å². The smallest absolute Gasteiger partial charge is 0.407 e. The summed E-state index contributed by atoms with van der Waals surface area (Å²) in [7, 11) is 0. The molecule has 2 rings (SSSR count). The van der Waals surface area contributed by atoms with Crippen LogP contribution in [0.3, 0.4) is 0 Å². The minimum absolute atomic E-state index is 0.272. The molecule has 24 heavy (non-hydrogen) atoms. The molecule has 0 aliphatic carbocycles. The van der Waals surface area contributed by atoms with Gasteiger partial charge in [0, 0.05) is 6.54 Å². The Morgan fingerprint density at radius 1 is 1.17 bits per heavy atom. The van der Waals surface area contributed by atoms with Gasteiger partial charge in [-0.2, -0.15) is 0 Å². The lowest BCUT2D eigenvalue weighted by Crippen LogP contribution is -2.24. The first-order valence-electron chi connectivity index (χ1n) is 7.97. The molecule has 0 bridgehead atoms. The van der Waals surface area contributed by atoms with Crippen LogP contribution in [0.15, 0.2) is 48.5 Å². The second-order valence-corrected chi connectivity index (χ2v) is 5.68. The van der Waals surface area contributed by atoms with Crippen LogP contribution in [0, 0.1) is 13.8 Å². The molecule has 0 radical (unpaired) electrons. The van der Waals surface area contributed by atoms with E-state index in [2.05, 4.69) is 5.32 Å². The quantitative estimate of drug-likeness (QED) is 0.777. The highest BCUT2D eigenvalue weighted by molar-refractivity contribution is 5.67. The highest BCUT2D eigenvalue weighted by Gasteiger charge is 2.02. The van der Waals surface area contributed by atoms with Gasteiger partial charge in [-0.3, -0.25) is 0 Å². The third-order valence-corrected chi connectivity index (χ3v) is 3.62. The van der Waals surface area contributed by atoms with Crippen LogP contribution >= 0.6 is 0 Å². The molecule has 4 nitrogen and oxygen atoms in total. The number of hydrogen-bond donors (Lipinski definition) is 2. The number of hydrogen-bond acceptors (Lipinski definition) is 3. The zero-order valence-electron chi connectivity index (χ0n) is 14.1. The number of ether oxygens (including phenoxy) is 1. The predicted octanol–water partition coefficient (Wildman–Crippen LogP) is 4.34. The summed E-state index contributed by atoms with van der Waals surface area (Å²) in [6.45, 7) is 4.54. The average molecular weight is 325 g/mol. The van der Waals surface area contributed by atoms with Gasteiger partial charge in [0.1, 0.15) is 12.4 Å². The highest BCUT2D eigenvalue weighted by Crippen LogP contribution is 2.23. The molecule has 0 aliphatic heterocycles. The number of aromatic hydroxyl groups is 1. The molecule has 0 fully saturated rings. The van der Waals surface area contributed by atoms with Crippen LogP contribution in [0.25, 0.3) is 6.08 Å². The van der Waals surface area contributed by atoms with Crippen LogP contribution in [0.5, 0.6) is 5.75 Å². The summed E-state index contributed by atoms with van der Waals surface area (Å²) < 4.78 is 5.14. The maximum atomic E-state index is 11.6. The lowest BCUT2D eigenvalue weighted by atomic mass is 10.1. The molecule has 0 saturated heterocycles. The number of alkyl carbamates (subject to hydrolysis) is 1. The van der Waals surface area contributed by atoms with Gasteiger partial charge in [-0.05, 0) is 54.7 Å². The normalized spacial score (nSPS) is 10.8. The summed E-state index contributed by atoms with van der Waals surface area (Å²) in [5, 5.41) is 12.5. The molecular weight excluding hydrogens is 302 g/mol. The van der Waals surface area contributed by atoms with Crippen molar-refractivity contribution in [2.75, 3.05) is 6.54 Å². The second-order valence-electron chi connectivity index (χ2n) is 5.68. The molecule has 2 aromatic carbocycles. The van der Waals surface area contributed by atoms with Gasteiger partial charge in [0.15, 0.2) is 0 Å². The van der Waals surface area contributed by atoms with E-state index in [9.17, 15) is 9.90 Å². The Balaban J connectivity index is 1.69. The van der Waals surface area contributed by atoms with Crippen molar-refractivity contribution in [2.24, 2.45) is 0 Å². The number of nitrogens with one attached hydrogen (secondary N) is 1. The topological polar surface area (TPSA) is 58.6 Å². The van der Waals surface area contributed by atoms with Gasteiger partial charge in [0.05, 0.1) is 0 Å². The van der Waals surface area contributed by atoms with Crippen LogP contribution < -0.4 is 5.32 Å². The summed E-state index contributed by atoms with van der Waals surface area (Å²) >= 11 is 0. The van der Waals surface area contributed by atoms with Gasteiger partial charge >= 0.3 is 6.09 Å². The molecule has 0 heterocycles. The molecule has 0 aliphatic rings. The first-order chi connectivity index (χ1) is 11.6. The van der Waals surface area contributed by atoms with Crippen molar-refractivity contribution < 1.29 is 14.6 Å². The molecule has 2 aromatic rings. The van der Waals surface area contributed by atoms with Crippen LogP contribution in [0.4, 0.5) is 4.79 Å². The Bertz CT molecular complexity index is 685. The Labute approximate surface area is 142 Å². The lowest BCUT2D eigenvalue weighted by molar-refractivity contribution is 0.140. The maximum Gasteiger partial charge on any atom is 0.407 e. The van der Waals surface area contributed by atoms with Gasteiger partial charge in [-0.25, -0.2) is 4.79 Å². The van der Waals surface area contributed by atoms with Crippen molar-refractivity contribution in [1.82, 2.24) is 5.32 Å². The molecule has 0 spiro atoms. The minimum Gasteiger partial charge on any atom is -0.507 e. The first kappa shape index (κ1) is 17.6. The Hall–Kier alpha value is -2.75. The van der Waals surface area contributed by atoms with Crippen LogP contribution in [-0.4, -0.2) is 17.7 Å². The number of carbonyl (C=O) groups excluding carboxylic acids is 1. The SMILES string of the molecule is Cc1cc(C=CCCNC(=O)OCc2ccccc2)cc(C)c1O. The fourth-order valence-electron chi connectivity index (χ4n) is 2.34. The molecule has 0 saturated carbocycles. The Morgan fingerprint density at radius 2 is 1.83 bits per heavy atom. The average Bonchev–Trinajstić information content (AvgIpc) is 2.58. The van der Waals surface area contributed by atoms with Crippen molar-refractivity contribution in [1.29, 1.82) is 0 Å². The summed E-state index contributed by atoms with van der Waals surface area (Å²) in [4.78, 5) is 11.6. The van der Waals surface area contributed by atoms with Gasteiger partial charge in [0.25, 0.3) is 0 Å². The number of rotatable bonds is 6. The third-order valence-electron chi connectivity index (χ3n) is 3.62. The summed E-state index contributed by atoms with van der Waals surface area (Å²) in [6.07, 6.45) is 4.27. The lowest BCUT2D eigenvalue weighted by Gasteiger charge is -2.06. The van der Waals surface area contributed by atoms with E-state index in [1.165, 1.54) is 0 Å². The highest BCUT2D eigenvalue weighted by atomic mass is 16.5. The number of benzene rings is 2. The van der Waals surface area contributed by atoms with Gasteiger partial charge < -0.3 is 15.2 Å². The fraction of sp³-hybridized carbons (Fsp3) is 0.250. The largest absolute Gasteiger partial charge is 0.507 e. The van der Waals surface area contributed by atoms with Crippen molar-refractivity contribution in [3.05, 3.63) is 70.8 Å². The van der Waals surface area contributed by atoms with Crippen LogP contribution in [-0.2, 0) is 11.3 Å². The van der Waals surface area contributed by atoms with Crippen molar-refractivity contribution in [2.45, 2.75) is 26.9 Å². The monoisotopic (exact) mass is 325 g/mol. The van der Waals surface area contributed by atoms with Gasteiger partial charge in [-0.15, -0.1) is 0 Å². The first-order valence-corrected chi connectivity index (χ1v) is 7.97. The van der Waals surface area contributed by atoms with Crippen LogP contribution in [0.2, 0.25) is 0 Å². The molecule has 4 heteroatoms. The van der Waals surface area contributed by atoms with E-state index in [1.54, 1.807) is 0 Å². The minimum atomic E-state index is -0.413. The van der Waals surface area contributed by atoms with E-state index >= 15 is 0 Å². The van der Waals surface area contributed by atoms with Crippen molar-refractivity contribution in [3.8, 4) is 5.75 Å². The molecule has 126 valence electrons. The number of aryl methyl sites for hydroxylation is 2. The Morgan fingerprint density at radius 3 is 2.50 bits per heavy atom. The van der Waals surface area contributed by atoms with E-state index in [1.807, 2.05) is 68.5 Å². The molecule has 0 unspecified atom stereocenters.